The lowest BCUT2D eigenvalue weighted by Crippen LogP contribution is -2.32. The number of ether oxygens (including phenoxy) is 3. The molecule has 0 saturated heterocycles. The maximum absolute atomic E-state index is 12.6. The van der Waals surface area contributed by atoms with Crippen LogP contribution < -0.4 is 24.8 Å². The fourth-order valence-corrected chi connectivity index (χ4v) is 3.35. The third-order valence-corrected chi connectivity index (χ3v) is 5.16. The first-order chi connectivity index (χ1) is 13.2. The van der Waals surface area contributed by atoms with Gasteiger partial charge in [0.1, 0.15) is 23.3 Å². The zero-order valence-electron chi connectivity index (χ0n) is 16.4. The number of carbonyl (C=O) groups is 1. The second-order valence-electron chi connectivity index (χ2n) is 6.06. The molecule has 8 nitrogen and oxygen atoms in total. The number of hydrogen-bond donors (Lipinski definition) is 2. The van der Waals surface area contributed by atoms with E-state index in [1.807, 2.05) is 0 Å². The number of nitrogens with one attached hydrogen (secondary N) is 2. The van der Waals surface area contributed by atoms with Gasteiger partial charge in [0.05, 0.1) is 37.6 Å². The Morgan fingerprint density at radius 1 is 0.929 bits per heavy atom. The molecular weight excluding hydrogens is 384 g/mol. The first-order valence-electron chi connectivity index (χ1n) is 8.37. The molecule has 2 rings (SSSR count). The highest BCUT2D eigenvalue weighted by atomic mass is 32.2. The first kappa shape index (κ1) is 21.4. The van der Waals surface area contributed by atoms with Crippen molar-refractivity contribution in [3.05, 3.63) is 36.4 Å². The molecule has 9 heteroatoms. The van der Waals surface area contributed by atoms with Gasteiger partial charge in [-0.05, 0) is 31.2 Å². The molecule has 2 N–H and O–H groups in total. The molecule has 0 heterocycles. The van der Waals surface area contributed by atoms with E-state index in [9.17, 15) is 13.2 Å². The van der Waals surface area contributed by atoms with E-state index >= 15 is 0 Å². The first-order valence-corrected chi connectivity index (χ1v) is 10.3. The Morgan fingerprint density at radius 2 is 1.50 bits per heavy atom. The molecule has 1 unspecified atom stereocenters. The zero-order valence-corrected chi connectivity index (χ0v) is 17.2. The third-order valence-electron chi connectivity index (χ3n) is 4.02. The highest BCUT2D eigenvalue weighted by Crippen LogP contribution is 2.30. The quantitative estimate of drug-likeness (QED) is 0.692. The van der Waals surface area contributed by atoms with Crippen LogP contribution in [0.2, 0.25) is 0 Å². The topological polar surface area (TPSA) is 103 Å². The van der Waals surface area contributed by atoms with Crippen molar-refractivity contribution in [3.8, 4) is 17.2 Å². The molecule has 0 spiro atoms. The fraction of sp³-hybridized carbons (Fsp3) is 0.316. The number of hydrogen-bond acceptors (Lipinski definition) is 7. The molecule has 0 aliphatic carbocycles. The van der Waals surface area contributed by atoms with Crippen LogP contribution in [0.1, 0.15) is 6.92 Å². The smallest absolute Gasteiger partial charge is 0.246 e. The fourth-order valence-electron chi connectivity index (χ4n) is 2.50. The lowest BCUT2D eigenvalue weighted by atomic mass is 10.2. The van der Waals surface area contributed by atoms with Crippen LogP contribution in [0.5, 0.6) is 17.2 Å². The number of methoxy groups -OCH3 is 3. The number of benzene rings is 2. The minimum absolute atomic E-state index is 0.0496. The molecule has 2 aromatic carbocycles. The summed E-state index contributed by atoms with van der Waals surface area (Å²) in [5.41, 5.74) is 0.785. The maximum atomic E-state index is 12.6. The van der Waals surface area contributed by atoms with Gasteiger partial charge in [-0.2, -0.15) is 0 Å². The average Bonchev–Trinajstić information content (AvgIpc) is 2.67. The van der Waals surface area contributed by atoms with E-state index in [0.29, 0.717) is 28.6 Å². The van der Waals surface area contributed by atoms with Gasteiger partial charge in [0.25, 0.3) is 0 Å². The van der Waals surface area contributed by atoms with Gasteiger partial charge < -0.3 is 24.8 Å². The Balaban J connectivity index is 2.22. The monoisotopic (exact) mass is 408 g/mol. The summed E-state index contributed by atoms with van der Waals surface area (Å²) in [7, 11) is 0.951. The Hall–Kier alpha value is -2.94. The second-order valence-corrected chi connectivity index (χ2v) is 8.04. The van der Waals surface area contributed by atoms with E-state index in [1.165, 1.54) is 27.4 Å². The summed E-state index contributed by atoms with van der Waals surface area (Å²) in [6.45, 7) is 1.63. The van der Waals surface area contributed by atoms with Gasteiger partial charge in [0.2, 0.25) is 5.91 Å². The van der Waals surface area contributed by atoms with Crippen LogP contribution in [0.4, 0.5) is 11.4 Å². The van der Waals surface area contributed by atoms with Gasteiger partial charge in [-0.25, -0.2) is 8.42 Å². The largest absolute Gasteiger partial charge is 0.497 e. The molecule has 0 aliphatic rings. The summed E-state index contributed by atoms with van der Waals surface area (Å²) in [5, 5.41) is 5.69. The minimum atomic E-state index is -3.52. The summed E-state index contributed by atoms with van der Waals surface area (Å²) in [5.74, 6) is 1.09. The Kier molecular flexibility index (Phi) is 6.74. The Bertz CT molecular complexity index is 959. The van der Waals surface area contributed by atoms with E-state index < -0.39 is 15.9 Å². The molecule has 28 heavy (non-hydrogen) atoms. The summed E-state index contributed by atoms with van der Waals surface area (Å²) in [4.78, 5) is 12.6. The molecule has 2 aromatic rings. The minimum Gasteiger partial charge on any atom is -0.497 e. The third kappa shape index (κ3) is 5.07. The number of rotatable bonds is 8. The molecule has 0 aliphatic heterocycles. The zero-order chi connectivity index (χ0) is 20.9. The molecule has 1 amide bonds. The van der Waals surface area contributed by atoms with Crippen LogP contribution in [0, 0.1) is 0 Å². The van der Waals surface area contributed by atoms with Gasteiger partial charge >= 0.3 is 0 Å². The van der Waals surface area contributed by atoms with Crippen molar-refractivity contribution in [1.29, 1.82) is 0 Å². The molecule has 0 fully saturated rings. The van der Waals surface area contributed by atoms with Crippen molar-refractivity contribution in [2.24, 2.45) is 0 Å². The van der Waals surface area contributed by atoms with Crippen molar-refractivity contribution < 1.29 is 27.4 Å². The molecule has 0 aromatic heterocycles. The highest BCUT2D eigenvalue weighted by molar-refractivity contribution is 7.90. The normalized spacial score (nSPS) is 12.0. The molecule has 1 atom stereocenters. The van der Waals surface area contributed by atoms with Crippen molar-refractivity contribution in [2.75, 3.05) is 38.2 Å². The van der Waals surface area contributed by atoms with Crippen molar-refractivity contribution in [3.63, 3.8) is 0 Å². The lowest BCUT2D eigenvalue weighted by Gasteiger charge is -2.19. The van der Waals surface area contributed by atoms with Crippen molar-refractivity contribution in [1.82, 2.24) is 0 Å². The van der Waals surface area contributed by atoms with Crippen LogP contribution in [0.3, 0.4) is 0 Å². The predicted molar refractivity (Wildman–Crippen MR) is 107 cm³/mol. The van der Waals surface area contributed by atoms with E-state index in [0.717, 1.165) is 6.26 Å². The highest BCUT2D eigenvalue weighted by Gasteiger charge is 2.20. The van der Waals surface area contributed by atoms with Crippen LogP contribution in [-0.4, -0.2) is 48.0 Å². The van der Waals surface area contributed by atoms with Gasteiger partial charge in [0.15, 0.2) is 9.84 Å². The van der Waals surface area contributed by atoms with Crippen LogP contribution >= 0.6 is 0 Å². The number of anilines is 2. The van der Waals surface area contributed by atoms with E-state index in [2.05, 4.69) is 10.6 Å². The summed E-state index contributed by atoms with van der Waals surface area (Å²) in [6, 6.07) is 8.88. The maximum Gasteiger partial charge on any atom is 0.246 e. The summed E-state index contributed by atoms with van der Waals surface area (Å²) < 4.78 is 39.7. The second kappa shape index (κ2) is 8.83. The van der Waals surface area contributed by atoms with Gasteiger partial charge in [-0.1, -0.05) is 0 Å². The summed E-state index contributed by atoms with van der Waals surface area (Å²) >= 11 is 0. The Morgan fingerprint density at radius 3 is 2.04 bits per heavy atom. The van der Waals surface area contributed by atoms with Crippen LogP contribution in [-0.2, 0) is 14.6 Å². The van der Waals surface area contributed by atoms with E-state index in [4.69, 9.17) is 14.2 Å². The number of carbonyl (C=O) groups excluding carboxylic acids is 1. The van der Waals surface area contributed by atoms with Crippen molar-refractivity contribution in [2.45, 2.75) is 17.9 Å². The molecular formula is C19H24N2O6S. The standard InChI is InChI=1S/C19H24N2O6S/c1-12(19(22)21-15-8-6-13(25-2)10-17(15)27-4)20-16-9-7-14(26-3)11-18(16)28(5,23)24/h6-12,20H,1-5H3,(H,21,22). The summed E-state index contributed by atoms with van der Waals surface area (Å²) in [6.07, 6.45) is 1.10. The predicted octanol–water partition coefficient (Wildman–Crippen LogP) is 2.56. The Labute approximate surface area is 164 Å². The molecule has 152 valence electrons. The van der Waals surface area contributed by atoms with Gasteiger partial charge in [-0.15, -0.1) is 0 Å². The molecule has 0 radical (unpaired) electrons. The lowest BCUT2D eigenvalue weighted by molar-refractivity contribution is -0.116. The molecule has 0 saturated carbocycles. The number of sulfone groups is 1. The van der Waals surface area contributed by atoms with Gasteiger partial charge in [-0.3, -0.25) is 4.79 Å². The van der Waals surface area contributed by atoms with Gasteiger partial charge in [0, 0.05) is 18.4 Å². The van der Waals surface area contributed by atoms with Crippen LogP contribution in [0.25, 0.3) is 0 Å². The molecule has 0 bridgehead atoms. The number of amides is 1. The van der Waals surface area contributed by atoms with E-state index in [1.54, 1.807) is 37.3 Å². The van der Waals surface area contributed by atoms with E-state index in [-0.39, 0.29) is 10.8 Å². The SMILES string of the molecule is COc1ccc(NC(=O)C(C)Nc2ccc(OC)cc2S(C)(=O)=O)c(OC)c1. The van der Waals surface area contributed by atoms with Crippen LogP contribution in [0.15, 0.2) is 41.3 Å². The average molecular weight is 408 g/mol. The van der Waals surface area contributed by atoms with Crippen molar-refractivity contribution >= 4 is 27.1 Å².